The molecule has 0 bridgehead atoms. The van der Waals surface area contributed by atoms with Gasteiger partial charge in [0.1, 0.15) is 0 Å². The van der Waals surface area contributed by atoms with Gasteiger partial charge >= 0.3 is 0 Å². The molecule has 0 aromatic heterocycles. The smallest absolute Gasteiger partial charge is 0 e. The van der Waals surface area contributed by atoms with E-state index in [2.05, 4.69) is 0 Å². The minimum Gasteiger partial charge on any atom is 0 e. The molecule has 0 rings (SSSR count). The maximum Gasteiger partial charge on any atom is 0 e. The summed E-state index contributed by atoms with van der Waals surface area (Å²) in [6.07, 6.45) is 0. The van der Waals surface area contributed by atoms with Gasteiger partial charge in [0.2, 0.25) is 0 Å². The van der Waals surface area contributed by atoms with Crippen LogP contribution in [0.1, 0.15) is 0 Å². The third-order valence-electron chi connectivity index (χ3n) is 0. The zero-order valence-electron chi connectivity index (χ0n) is 2.40. The van der Waals surface area contributed by atoms with Crippen LogP contribution in [0.2, 0.25) is 0 Å². The Kier molecular flexibility index (Phi) is 532. The summed E-state index contributed by atoms with van der Waals surface area (Å²) in [5, 5.41) is 0. The van der Waals surface area contributed by atoms with E-state index in [9.17, 15) is 0 Å². The maximum atomic E-state index is 0. The van der Waals surface area contributed by atoms with Crippen molar-refractivity contribution in [3.05, 3.63) is 0 Å². The van der Waals surface area contributed by atoms with E-state index in [4.69, 9.17) is 0 Å². The van der Waals surface area contributed by atoms with E-state index in [1.54, 1.807) is 0 Å². The maximum absolute atomic E-state index is 0. The van der Waals surface area contributed by atoms with Crippen LogP contribution in [0, 0.1) is 0 Å². The number of hydrogen-bond donors (Lipinski definition) is 0. The molecule has 0 spiro atoms. The van der Waals surface area contributed by atoms with Gasteiger partial charge in [0.05, 0.1) is 0 Å². The second-order valence-corrected chi connectivity index (χ2v) is 0. The normalized spacial score (nSPS) is 0. The summed E-state index contributed by atoms with van der Waals surface area (Å²) >= 11 is 0. The van der Waals surface area contributed by atoms with Crippen LogP contribution in [-0.2, 0) is 125 Å². The summed E-state index contributed by atoms with van der Waals surface area (Å²) < 4.78 is 0. The molecule has 0 atom stereocenters. The Morgan fingerprint density at radius 1 is 0.286 bits per heavy atom. The Morgan fingerprint density at radius 3 is 0.286 bits per heavy atom. The van der Waals surface area contributed by atoms with Crippen molar-refractivity contribution in [2.75, 3.05) is 0 Å². The van der Waals surface area contributed by atoms with Gasteiger partial charge in [-0.25, -0.2) is 0 Å². The largest absolute Gasteiger partial charge is 0 e. The van der Waals surface area contributed by atoms with Gasteiger partial charge < -0.3 is 0 Å². The van der Waals surface area contributed by atoms with Gasteiger partial charge in [-0.1, -0.05) is 0 Å². The van der Waals surface area contributed by atoms with Gasteiger partial charge in [-0.3, -0.25) is 0 Å². The molecule has 0 heterocycles. The molecule has 0 radical (unpaired) electrons. The first-order chi connectivity index (χ1) is 0. The van der Waals surface area contributed by atoms with E-state index < -0.39 is 0 Å². The quantitative estimate of drug-likeness (QED) is 0.387. The van der Waals surface area contributed by atoms with Crippen LogP contribution < -0.4 is 0 Å². The molecule has 0 nitrogen and oxygen atoms in total. The Hall–Kier alpha value is 3.83. The predicted octanol–water partition coefficient (Wildman–Crippen LogP) is -0.0175. The first-order valence-corrected chi connectivity index (χ1v) is 0. The Labute approximate surface area is 123 Å². The molecule has 64 valence electrons. The fourth-order valence-electron chi connectivity index (χ4n) is 0. The molecule has 0 aromatic carbocycles. The summed E-state index contributed by atoms with van der Waals surface area (Å²) in [5.41, 5.74) is 0. The van der Waals surface area contributed by atoms with Crippen molar-refractivity contribution in [3.63, 3.8) is 0 Å². The van der Waals surface area contributed by atoms with Crippen molar-refractivity contribution in [2.24, 2.45) is 0 Å². The molecular formula is HfNi6. The molecule has 0 aliphatic carbocycles. The zero-order chi connectivity index (χ0) is 0. The van der Waals surface area contributed by atoms with E-state index >= 15 is 0 Å². The Bertz CT molecular complexity index is 4.14. The van der Waals surface area contributed by atoms with Crippen LogP contribution in [0.3, 0.4) is 0 Å². The van der Waals surface area contributed by atoms with Crippen molar-refractivity contribution in [2.45, 2.75) is 0 Å². The van der Waals surface area contributed by atoms with E-state index in [0.717, 1.165) is 0 Å². The van der Waals surface area contributed by atoms with E-state index in [1.807, 2.05) is 0 Å². The predicted molar refractivity (Wildman–Crippen MR) is 0 cm³/mol. The summed E-state index contributed by atoms with van der Waals surface area (Å²) in [6, 6.07) is 0. The fourth-order valence-corrected chi connectivity index (χ4v) is 0. The zero-order valence-corrected chi connectivity index (χ0v) is 11.9. The average molecular weight is 531 g/mol. The van der Waals surface area contributed by atoms with Crippen molar-refractivity contribution < 1.29 is 125 Å². The second kappa shape index (κ2) is 52.2. The SMILES string of the molecule is [Hf].[Ni].[Ni].[Ni].[Ni].[Ni].[Ni]. The first kappa shape index (κ1) is 71.3. The fraction of sp³-hybridized carbons (Fsp3) is 0. The third kappa shape index (κ3) is 41.1. The van der Waals surface area contributed by atoms with Gasteiger partial charge in [-0.05, 0) is 0 Å². The van der Waals surface area contributed by atoms with Gasteiger partial charge in [0.25, 0.3) is 0 Å². The van der Waals surface area contributed by atoms with Gasteiger partial charge in [-0.2, -0.15) is 0 Å². The summed E-state index contributed by atoms with van der Waals surface area (Å²) in [7, 11) is 0. The molecule has 0 aliphatic rings. The van der Waals surface area contributed by atoms with E-state index in [-0.39, 0.29) is 125 Å². The molecule has 0 N–H and O–H groups in total. The molecule has 7 heavy (non-hydrogen) atoms. The summed E-state index contributed by atoms with van der Waals surface area (Å²) in [5.74, 6) is 0. The third-order valence-corrected chi connectivity index (χ3v) is 0. The molecule has 0 fully saturated rings. The number of rotatable bonds is 0. The van der Waals surface area contributed by atoms with Crippen molar-refractivity contribution in [1.29, 1.82) is 0 Å². The minimum atomic E-state index is 0. The van der Waals surface area contributed by atoms with Crippen LogP contribution in [0.25, 0.3) is 0 Å². The van der Waals surface area contributed by atoms with Crippen LogP contribution in [0.5, 0.6) is 0 Å². The van der Waals surface area contributed by atoms with Crippen LogP contribution in [-0.4, -0.2) is 0 Å². The van der Waals surface area contributed by atoms with Crippen LogP contribution >= 0.6 is 0 Å². The van der Waals surface area contributed by atoms with Gasteiger partial charge in [0.15, 0.2) is 0 Å². The van der Waals surface area contributed by atoms with Crippen molar-refractivity contribution >= 4 is 0 Å². The molecule has 0 aliphatic heterocycles. The summed E-state index contributed by atoms with van der Waals surface area (Å²) in [6.45, 7) is 0. The van der Waals surface area contributed by atoms with E-state index in [1.165, 1.54) is 0 Å². The monoisotopic (exact) mass is 528 g/mol. The molecule has 7 heteroatoms. The van der Waals surface area contributed by atoms with Crippen molar-refractivity contribution in [1.82, 2.24) is 0 Å². The number of hydrogen-bond acceptors (Lipinski definition) is 0. The average Bonchev–Trinajstić information content (AvgIpc) is 0. The van der Waals surface area contributed by atoms with E-state index in [0.29, 0.717) is 0 Å². The minimum absolute atomic E-state index is 0. The standard InChI is InChI=1S/Hf.6Ni. The molecule has 0 saturated carbocycles. The van der Waals surface area contributed by atoms with Crippen molar-refractivity contribution in [3.8, 4) is 0 Å². The molecule has 0 aromatic rings. The topological polar surface area (TPSA) is 0 Å². The summed E-state index contributed by atoms with van der Waals surface area (Å²) in [4.78, 5) is 0. The Morgan fingerprint density at radius 2 is 0.286 bits per heavy atom. The first-order valence-electron chi connectivity index (χ1n) is 0. The van der Waals surface area contributed by atoms with Gasteiger partial charge in [-0.15, -0.1) is 0 Å². The molecule has 0 amide bonds. The van der Waals surface area contributed by atoms with Crippen LogP contribution in [0.15, 0.2) is 0 Å². The molecular weight excluding hydrogens is 531 g/mol. The molecule has 0 unspecified atom stereocenters. The van der Waals surface area contributed by atoms with Crippen LogP contribution in [0.4, 0.5) is 0 Å². The Balaban J connectivity index is 0. The van der Waals surface area contributed by atoms with Gasteiger partial charge in [0, 0.05) is 125 Å². The molecule has 0 saturated heterocycles. The second-order valence-electron chi connectivity index (χ2n) is 0.